The number of carbonyl (C=O) groups is 3. The highest BCUT2D eigenvalue weighted by molar-refractivity contribution is 9.10. The van der Waals surface area contributed by atoms with Crippen LogP contribution in [0.3, 0.4) is 0 Å². The zero-order valence-electron chi connectivity index (χ0n) is 19.5. The van der Waals surface area contributed by atoms with Gasteiger partial charge in [0.25, 0.3) is 11.8 Å². The number of methoxy groups -OCH3 is 2. The van der Waals surface area contributed by atoms with E-state index in [0.29, 0.717) is 22.4 Å². The van der Waals surface area contributed by atoms with Crippen LogP contribution in [0.25, 0.3) is 6.08 Å². The first-order valence-corrected chi connectivity index (χ1v) is 12.7. The van der Waals surface area contributed by atoms with Crippen LogP contribution in [-0.2, 0) is 16.2 Å². The van der Waals surface area contributed by atoms with Gasteiger partial charge in [0.2, 0.25) is 0 Å². The molecule has 1 N–H and O–H groups in total. The van der Waals surface area contributed by atoms with Gasteiger partial charge >= 0.3 is 6.03 Å². The molecule has 0 aliphatic carbocycles. The Hall–Kier alpha value is -3.34. The highest BCUT2D eigenvalue weighted by Gasteiger charge is 2.38. The molecule has 0 radical (unpaired) electrons. The summed E-state index contributed by atoms with van der Waals surface area (Å²) in [6, 6.07) is 14.8. The quantitative estimate of drug-likeness (QED) is 0.245. The van der Waals surface area contributed by atoms with Crippen molar-refractivity contribution in [3.8, 4) is 17.2 Å². The van der Waals surface area contributed by atoms with Crippen LogP contribution in [0.5, 0.6) is 17.2 Å². The average Bonchev–Trinajstić information content (AvgIpc) is 2.87. The van der Waals surface area contributed by atoms with E-state index in [2.05, 4.69) is 37.2 Å². The van der Waals surface area contributed by atoms with E-state index in [1.807, 2.05) is 24.3 Å². The summed E-state index contributed by atoms with van der Waals surface area (Å²) in [7, 11) is 2.77. The van der Waals surface area contributed by atoms with Crippen molar-refractivity contribution in [2.45, 2.75) is 6.61 Å². The Balaban J connectivity index is 1.61. The topological polar surface area (TPSA) is 94.2 Å². The highest BCUT2D eigenvalue weighted by atomic mass is 79.9. The number of anilines is 1. The Bertz CT molecular complexity index is 1430. The summed E-state index contributed by atoms with van der Waals surface area (Å²) >= 11 is 13.0. The van der Waals surface area contributed by atoms with Crippen molar-refractivity contribution in [1.82, 2.24) is 5.32 Å². The van der Waals surface area contributed by atoms with Gasteiger partial charge in [-0.05, 0) is 57.4 Å². The number of nitrogens with zero attached hydrogens (tertiary/aromatic N) is 1. The van der Waals surface area contributed by atoms with Crippen LogP contribution in [0.4, 0.5) is 10.5 Å². The number of amides is 4. The minimum absolute atomic E-state index is 0.0718. The fourth-order valence-corrected chi connectivity index (χ4v) is 4.53. The maximum atomic E-state index is 13.3. The first kappa shape index (κ1) is 26.7. The Labute approximate surface area is 234 Å². The number of rotatable bonds is 7. The molecule has 0 bridgehead atoms. The number of carbonyl (C=O) groups excluding carboxylic acids is 3. The predicted octanol–water partition coefficient (Wildman–Crippen LogP) is 6.13. The molecule has 1 saturated heterocycles. The molecule has 1 heterocycles. The molecule has 1 fully saturated rings. The number of urea groups is 1. The molecule has 4 rings (SSSR count). The van der Waals surface area contributed by atoms with Crippen LogP contribution in [-0.4, -0.2) is 32.1 Å². The molecule has 3 aromatic rings. The van der Waals surface area contributed by atoms with Crippen molar-refractivity contribution in [3.05, 3.63) is 85.3 Å². The van der Waals surface area contributed by atoms with Gasteiger partial charge in [0.15, 0.2) is 0 Å². The molecule has 190 valence electrons. The van der Waals surface area contributed by atoms with Crippen molar-refractivity contribution >= 4 is 73.1 Å². The van der Waals surface area contributed by atoms with Gasteiger partial charge in [0.05, 0.1) is 29.4 Å². The molecule has 0 spiro atoms. The van der Waals surface area contributed by atoms with Gasteiger partial charge in [-0.3, -0.25) is 14.9 Å². The van der Waals surface area contributed by atoms with Gasteiger partial charge in [0.1, 0.15) is 29.4 Å². The van der Waals surface area contributed by atoms with Gasteiger partial charge in [-0.2, -0.15) is 0 Å². The van der Waals surface area contributed by atoms with Crippen LogP contribution < -0.4 is 24.4 Å². The third-order valence-electron chi connectivity index (χ3n) is 5.37. The summed E-state index contributed by atoms with van der Waals surface area (Å²) in [5, 5.41) is 2.42. The van der Waals surface area contributed by atoms with Gasteiger partial charge in [-0.1, -0.05) is 45.7 Å². The summed E-state index contributed by atoms with van der Waals surface area (Å²) in [5.74, 6) is -0.693. The number of hydrogen-bond donors (Lipinski definition) is 1. The number of ether oxygens (including phenoxy) is 3. The first-order valence-electron chi connectivity index (χ1n) is 10.7. The van der Waals surface area contributed by atoms with E-state index in [0.717, 1.165) is 14.9 Å². The summed E-state index contributed by atoms with van der Waals surface area (Å²) < 4.78 is 18.0. The zero-order valence-corrected chi connectivity index (χ0v) is 23.4. The smallest absolute Gasteiger partial charge is 0.336 e. The lowest BCUT2D eigenvalue weighted by Gasteiger charge is -2.28. The van der Waals surface area contributed by atoms with E-state index in [4.69, 9.17) is 25.8 Å². The summed E-state index contributed by atoms with van der Waals surface area (Å²) in [6.07, 6.45) is 1.39. The number of barbiturate groups is 1. The van der Waals surface area contributed by atoms with Crippen molar-refractivity contribution in [1.29, 1.82) is 0 Å². The standard InChI is InChI=1S/C26H19Br2ClN2O6/c1-35-22-12-20(23(36-2)11-19(22)29)31-25(33)17(24(32)30-26(31)34)9-15-5-8-21(18(28)10-15)37-13-14-3-6-16(27)7-4-14/h3-12H,13H2,1-2H3,(H,30,32,34)/b17-9+. The lowest BCUT2D eigenvalue weighted by Crippen LogP contribution is -2.54. The third-order valence-corrected chi connectivity index (χ3v) is 6.81. The normalized spacial score (nSPS) is 14.6. The molecular formula is C26H19Br2ClN2O6. The van der Waals surface area contributed by atoms with E-state index in [1.165, 1.54) is 32.4 Å². The number of imide groups is 2. The fourth-order valence-electron chi connectivity index (χ4n) is 3.53. The lowest BCUT2D eigenvalue weighted by atomic mass is 10.1. The second-order valence-electron chi connectivity index (χ2n) is 7.72. The van der Waals surface area contributed by atoms with Gasteiger partial charge in [0, 0.05) is 16.6 Å². The van der Waals surface area contributed by atoms with E-state index in [1.54, 1.807) is 18.2 Å². The van der Waals surface area contributed by atoms with E-state index < -0.39 is 17.8 Å². The molecule has 11 heteroatoms. The molecule has 0 atom stereocenters. The van der Waals surface area contributed by atoms with Crippen molar-refractivity contribution in [2.75, 3.05) is 19.1 Å². The second-order valence-corrected chi connectivity index (χ2v) is 9.90. The maximum Gasteiger partial charge on any atom is 0.336 e. The van der Waals surface area contributed by atoms with E-state index in [-0.39, 0.29) is 27.8 Å². The van der Waals surface area contributed by atoms with Crippen molar-refractivity contribution in [2.24, 2.45) is 0 Å². The monoisotopic (exact) mass is 648 g/mol. The Kier molecular flexibility index (Phi) is 8.21. The Morgan fingerprint density at radius 2 is 1.62 bits per heavy atom. The number of halogens is 3. The van der Waals surface area contributed by atoms with Gasteiger partial charge < -0.3 is 14.2 Å². The molecule has 0 saturated carbocycles. The molecule has 4 amide bonds. The lowest BCUT2D eigenvalue weighted by molar-refractivity contribution is -0.122. The van der Waals surface area contributed by atoms with Gasteiger partial charge in [-0.25, -0.2) is 9.69 Å². The Morgan fingerprint density at radius 3 is 2.27 bits per heavy atom. The number of benzene rings is 3. The maximum absolute atomic E-state index is 13.3. The second kappa shape index (κ2) is 11.4. The van der Waals surface area contributed by atoms with Crippen LogP contribution in [0.1, 0.15) is 11.1 Å². The largest absolute Gasteiger partial charge is 0.495 e. The summed E-state index contributed by atoms with van der Waals surface area (Å²) in [5.41, 5.74) is 1.36. The first-order chi connectivity index (χ1) is 17.7. The number of hydrogen-bond acceptors (Lipinski definition) is 6. The SMILES string of the molecule is COc1cc(N2C(=O)NC(=O)/C(=C\c3ccc(OCc4ccc(Br)cc4)c(Br)c3)C2=O)c(OC)cc1Cl. The molecule has 3 aromatic carbocycles. The van der Waals surface area contributed by atoms with E-state index >= 15 is 0 Å². The average molecular weight is 651 g/mol. The van der Waals surface area contributed by atoms with Crippen LogP contribution in [0.2, 0.25) is 5.02 Å². The highest BCUT2D eigenvalue weighted by Crippen LogP contribution is 2.39. The minimum Gasteiger partial charge on any atom is -0.495 e. The predicted molar refractivity (Wildman–Crippen MR) is 146 cm³/mol. The van der Waals surface area contributed by atoms with Crippen molar-refractivity contribution < 1.29 is 28.6 Å². The molecule has 8 nitrogen and oxygen atoms in total. The van der Waals surface area contributed by atoms with Crippen LogP contribution >= 0.6 is 43.5 Å². The van der Waals surface area contributed by atoms with Crippen LogP contribution in [0.15, 0.2) is 69.1 Å². The molecule has 1 aliphatic heterocycles. The van der Waals surface area contributed by atoms with Crippen LogP contribution in [0, 0.1) is 0 Å². The number of nitrogens with one attached hydrogen (secondary N) is 1. The minimum atomic E-state index is -0.923. The summed E-state index contributed by atoms with van der Waals surface area (Å²) in [6.45, 7) is 0.358. The van der Waals surface area contributed by atoms with E-state index in [9.17, 15) is 14.4 Å². The fraction of sp³-hybridized carbons (Fsp3) is 0.115. The molecular weight excluding hydrogens is 632 g/mol. The molecule has 0 unspecified atom stereocenters. The third kappa shape index (κ3) is 5.82. The summed E-state index contributed by atoms with van der Waals surface area (Å²) in [4.78, 5) is 39.4. The molecule has 0 aromatic heterocycles. The van der Waals surface area contributed by atoms with Gasteiger partial charge in [-0.15, -0.1) is 0 Å². The Morgan fingerprint density at radius 1 is 0.919 bits per heavy atom. The zero-order chi connectivity index (χ0) is 26.7. The molecule has 1 aliphatic rings. The van der Waals surface area contributed by atoms with Crippen molar-refractivity contribution in [3.63, 3.8) is 0 Å². The molecule has 37 heavy (non-hydrogen) atoms.